The molecule has 0 atom stereocenters. The molecule has 0 spiro atoms. The number of imidazole rings is 1. The first-order valence-electron chi connectivity index (χ1n) is 6.15. The first kappa shape index (κ1) is 13.3. The van der Waals surface area contributed by atoms with Crippen LogP contribution in [-0.4, -0.2) is 24.2 Å². The van der Waals surface area contributed by atoms with Gasteiger partial charge in [-0.2, -0.15) is 0 Å². The smallest absolute Gasteiger partial charge is 0.197 e. The minimum Gasteiger partial charge on any atom is -0.497 e. The number of aromatic amines is 1. The molecule has 5 nitrogen and oxygen atoms in total. The average Bonchev–Trinajstić information content (AvgIpc) is 2.74. The van der Waals surface area contributed by atoms with Crippen molar-refractivity contribution >= 4 is 5.95 Å². The molecular formula is C14H19N3O2. The normalized spacial score (nSPS) is 10.5. The summed E-state index contributed by atoms with van der Waals surface area (Å²) in [7, 11) is 3.30. The van der Waals surface area contributed by atoms with Crippen LogP contribution in [0.1, 0.15) is 17.0 Å². The van der Waals surface area contributed by atoms with Crippen LogP contribution in [0.2, 0.25) is 0 Å². The van der Waals surface area contributed by atoms with E-state index in [2.05, 4.69) is 9.97 Å². The van der Waals surface area contributed by atoms with Crippen LogP contribution in [0.5, 0.6) is 11.5 Å². The number of ether oxygens (including phenoxy) is 2. The number of nitrogens with one attached hydrogen (secondary N) is 1. The highest BCUT2D eigenvalue weighted by Gasteiger charge is 2.07. The van der Waals surface area contributed by atoms with E-state index in [1.54, 1.807) is 14.2 Å². The van der Waals surface area contributed by atoms with E-state index in [0.29, 0.717) is 5.95 Å². The van der Waals surface area contributed by atoms with Crippen molar-refractivity contribution in [3.05, 3.63) is 35.2 Å². The second-order valence-electron chi connectivity index (χ2n) is 4.41. The number of nitrogens with two attached hydrogens (primary N) is 1. The Balaban J connectivity index is 2.12. The lowest BCUT2D eigenvalue weighted by Gasteiger charge is -2.08. The van der Waals surface area contributed by atoms with Gasteiger partial charge >= 0.3 is 0 Å². The first-order chi connectivity index (χ1) is 9.12. The maximum atomic E-state index is 5.63. The van der Waals surface area contributed by atoms with Crippen molar-refractivity contribution in [3.8, 4) is 11.5 Å². The van der Waals surface area contributed by atoms with Gasteiger partial charge in [0.05, 0.1) is 19.9 Å². The van der Waals surface area contributed by atoms with Crippen LogP contribution in [0.3, 0.4) is 0 Å². The fraction of sp³-hybridized carbons (Fsp3) is 0.357. The van der Waals surface area contributed by atoms with Crippen LogP contribution in [0.4, 0.5) is 5.95 Å². The predicted octanol–water partition coefficient (Wildman–Crippen LogP) is 2.10. The summed E-state index contributed by atoms with van der Waals surface area (Å²) in [6.07, 6.45) is 1.69. The molecule has 0 unspecified atom stereocenters. The van der Waals surface area contributed by atoms with Crippen LogP contribution in [-0.2, 0) is 12.8 Å². The topological polar surface area (TPSA) is 73.2 Å². The molecule has 0 saturated heterocycles. The highest BCUT2D eigenvalue weighted by molar-refractivity contribution is 5.39. The van der Waals surface area contributed by atoms with E-state index in [-0.39, 0.29) is 0 Å². The number of rotatable bonds is 5. The molecule has 0 saturated carbocycles. The Morgan fingerprint density at radius 2 is 1.74 bits per heavy atom. The molecule has 0 radical (unpaired) electrons. The third-order valence-electron chi connectivity index (χ3n) is 3.07. The van der Waals surface area contributed by atoms with Gasteiger partial charge in [0, 0.05) is 11.8 Å². The third-order valence-corrected chi connectivity index (χ3v) is 3.07. The van der Waals surface area contributed by atoms with Crippen molar-refractivity contribution in [2.45, 2.75) is 19.8 Å². The lowest BCUT2D eigenvalue weighted by atomic mass is 10.1. The molecule has 1 heterocycles. The van der Waals surface area contributed by atoms with Crippen LogP contribution >= 0.6 is 0 Å². The van der Waals surface area contributed by atoms with Gasteiger partial charge in [-0.05, 0) is 37.5 Å². The fourth-order valence-corrected chi connectivity index (χ4v) is 2.04. The molecule has 1 aromatic heterocycles. The number of methoxy groups -OCH3 is 2. The quantitative estimate of drug-likeness (QED) is 0.864. The number of anilines is 1. The van der Waals surface area contributed by atoms with Gasteiger partial charge < -0.3 is 20.2 Å². The molecule has 19 heavy (non-hydrogen) atoms. The lowest BCUT2D eigenvalue weighted by Crippen LogP contribution is -1.96. The van der Waals surface area contributed by atoms with Gasteiger partial charge in [-0.25, -0.2) is 4.98 Å². The molecule has 0 aliphatic carbocycles. The minimum absolute atomic E-state index is 0.468. The summed E-state index contributed by atoms with van der Waals surface area (Å²) < 4.78 is 10.5. The van der Waals surface area contributed by atoms with E-state index < -0.39 is 0 Å². The van der Waals surface area contributed by atoms with Crippen molar-refractivity contribution in [1.82, 2.24) is 9.97 Å². The van der Waals surface area contributed by atoms with E-state index in [1.165, 1.54) is 0 Å². The molecule has 102 valence electrons. The molecule has 0 fully saturated rings. The maximum absolute atomic E-state index is 5.63. The Morgan fingerprint density at radius 3 is 2.21 bits per heavy atom. The lowest BCUT2D eigenvalue weighted by molar-refractivity contribution is 0.393. The van der Waals surface area contributed by atoms with E-state index >= 15 is 0 Å². The number of benzene rings is 1. The standard InChI is InChI=1S/C14H19N3O2/c1-9-13(17-14(15)16-9)5-4-10-6-11(18-2)8-12(7-10)19-3/h6-8H,4-5H2,1-3H3,(H3,15,16,17). The summed E-state index contributed by atoms with van der Waals surface area (Å²) in [5, 5.41) is 0. The summed E-state index contributed by atoms with van der Waals surface area (Å²) in [4.78, 5) is 7.28. The maximum Gasteiger partial charge on any atom is 0.197 e. The van der Waals surface area contributed by atoms with Gasteiger partial charge in [0.1, 0.15) is 11.5 Å². The highest BCUT2D eigenvalue weighted by atomic mass is 16.5. The van der Waals surface area contributed by atoms with E-state index in [9.17, 15) is 0 Å². The second kappa shape index (κ2) is 5.65. The summed E-state index contributed by atoms with van der Waals surface area (Å²) in [6.45, 7) is 1.98. The van der Waals surface area contributed by atoms with E-state index in [0.717, 1.165) is 41.3 Å². The SMILES string of the molecule is COc1cc(CCc2nc(N)[nH]c2C)cc(OC)c1. The average molecular weight is 261 g/mol. The van der Waals surface area contributed by atoms with Crippen LogP contribution < -0.4 is 15.2 Å². The fourth-order valence-electron chi connectivity index (χ4n) is 2.04. The van der Waals surface area contributed by atoms with Crippen molar-refractivity contribution in [1.29, 1.82) is 0 Å². The molecule has 3 N–H and O–H groups in total. The van der Waals surface area contributed by atoms with Crippen molar-refractivity contribution in [3.63, 3.8) is 0 Å². The number of aryl methyl sites for hydroxylation is 3. The zero-order valence-electron chi connectivity index (χ0n) is 11.5. The molecule has 2 rings (SSSR count). The Hall–Kier alpha value is -2.17. The van der Waals surface area contributed by atoms with Gasteiger partial charge in [-0.1, -0.05) is 0 Å². The number of hydrogen-bond donors (Lipinski definition) is 2. The molecule has 1 aromatic carbocycles. The number of hydrogen-bond acceptors (Lipinski definition) is 4. The zero-order chi connectivity index (χ0) is 13.8. The number of nitrogen functional groups attached to an aromatic ring is 1. The summed E-state index contributed by atoms with van der Waals surface area (Å²) in [5.74, 6) is 2.07. The van der Waals surface area contributed by atoms with Gasteiger partial charge in [-0.3, -0.25) is 0 Å². The van der Waals surface area contributed by atoms with Crippen LogP contribution in [0, 0.1) is 6.92 Å². The van der Waals surface area contributed by atoms with Crippen molar-refractivity contribution in [2.24, 2.45) is 0 Å². The monoisotopic (exact) mass is 261 g/mol. The molecule has 0 amide bonds. The Labute approximate surface area is 112 Å². The highest BCUT2D eigenvalue weighted by Crippen LogP contribution is 2.23. The largest absolute Gasteiger partial charge is 0.497 e. The van der Waals surface area contributed by atoms with Crippen molar-refractivity contribution in [2.75, 3.05) is 20.0 Å². The van der Waals surface area contributed by atoms with Gasteiger partial charge in [0.2, 0.25) is 0 Å². The van der Waals surface area contributed by atoms with Crippen molar-refractivity contribution < 1.29 is 9.47 Å². The number of aromatic nitrogens is 2. The van der Waals surface area contributed by atoms with Gasteiger partial charge in [0.15, 0.2) is 5.95 Å². The minimum atomic E-state index is 0.468. The molecule has 0 bridgehead atoms. The number of nitrogens with zero attached hydrogens (tertiary/aromatic N) is 1. The van der Waals surface area contributed by atoms with Crippen LogP contribution in [0.25, 0.3) is 0 Å². The molecule has 5 heteroatoms. The molecule has 2 aromatic rings. The Morgan fingerprint density at radius 1 is 1.11 bits per heavy atom. The predicted molar refractivity (Wildman–Crippen MR) is 74.7 cm³/mol. The van der Waals surface area contributed by atoms with E-state index in [4.69, 9.17) is 15.2 Å². The zero-order valence-corrected chi connectivity index (χ0v) is 11.5. The third kappa shape index (κ3) is 3.19. The Bertz CT molecular complexity index is 542. The van der Waals surface area contributed by atoms with Gasteiger partial charge in [-0.15, -0.1) is 0 Å². The molecule has 0 aliphatic heterocycles. The molecular weight excluding hydrogens is 242 g/mol. The summed E-state index contributed by atoms with van der Waals surface area (Å²) >= 11 is 0. The Kier molecular flexibility index (Phi) is 3.94. The second-order valence-corrected chi connectivity index (χ2v) is 4.41. The number of H-pyrrole nitrogens is 1. The van der Waals surface area contributed by atoms with Gasteiger partial charge in [0.25, 0.3) is 0 Å². The summed E-state index contributed by atoms with van der Waals surface area (Å²) in [6, 6.07) is 5.88. The first-order valence-corrected chi connectivity index (χ1v) is 6.15. The summed E-state index contributed by atoms with van der Waals surface area (Å²) in [5.41, 5.74) is 8.80. The molecule has 0 aliphatic rings. The van der Waals surface area contributed by atoms with Crippen LogP contribution in [0.15, 0.2) is 18.2 Å². The van der Waals surface area contributed by atoms with E-state index in [1.807, 2.05) is 25.1 Å².